The molecule has 2 N–H and O–H groups in total. The van der Waals surface area contributed by atoms with E-state index < -0.39 is 10.0 Å². The van der Waals surface area contributed by atoms with Crippen LogP contribution in [0.25, 0.3) is 22.5 Å². The average Bonchev–Trinajstić information content (AvgIpc) is 3.31. The zero-order valence-corrected chi connectivity index (χ0v) is 21.4. The van der Waals surface area contributed by atoms with Crippen molar-refractivity contribution in [1.82, 2.24) is 14.7 Å². The molecular weight excluding hydrogens is 482 g/mol. The maximum absolute atomic E-state index is 12.5. The number of hydrogen-bond donors (Lipinski definition) is 2. The minimum absolute atomic E-state index is 0.259. The van der Waals surface area contributed by atoms with Crippen LogP contribution in [-0.2, 0) is 10.0 Å². The number of nitrogens with zero attached hydrogens (tertiary/aromatic N) is 1. The molecule has 182 valence electrons. The number of imidazole rings is 1. The van der Waals surface area contributed by atoms with Gasteiger partial charge in [-0.25, -0.2) is 18.1 Å². The minimum atomic E-state index is -3.55. The molecule has 3 aromatic carbocycles. The molecule has 4 rings (SSSR count). The number of aromatic nitrogens is 2. The van der Waals surface area contributed by atoms with E-state index in [0.29, 0.717) is 10.9 Å². The molecule has 1 heterocycles. The molecule has 0 bridgehead atoms. The molecule has 7 nitrogen and oxygen atoms in total. The Kier molecular flexibility index (Phi) is 7.80. The van der Waals surface area contributed by atoms with Gasteiger partial charge in [0.1, 0.15) is 11.5 Å². The Hall–Kier alpha value is -3.27. The van der Waals surface area contributed by atoms with Crippen LogP contribution in [0.5, 0.6) is 11.5 Å². The second-order valence-corrected chi connectivity index (χ2v) is 10.6. The van der Waals surface area contributed by atoms with Crippen LogP contribution < -0.4 is 14.2 Å². The van der Waals surface area contributed by atoms with E-state index in [0.717, 1.165) is 39.6 Å². The summed E-state index contributed by atoms with van der Waals surface area (Å²) in [6.07, 6.45) is 0. The van der Waals surface area contributed by atoms with Gasteiger partial charge in [0, 0.05) is 23.4 Å². The van der Waals surface area contributed by atoms with Gasteiger partial charge in [-0.2, -0.15) is 0 Å². The van der Waals surface area contributed by atoms with E-state index in [9.17, 15) is 8.42 Å². The van der Waals surface area contributed by atoms with Crippen molar-refractivity contribution in [3.8, 4) is 34.0 Å². The van der Waals surface area contributed by atoms with E-state index in [1.165, 1.54) is 11.8 Å². The van der Waals surface area contributed by atoms with Crippen molar-refractivity contribution in [3.63, 3.8) is 0 Å². The number of rotatable bonds is 10. The lowest BCUT2D eigenvalue weighted by atomic mass is 10.0. The number of H-pyrrole nitrogens is 1. The first-order valence-corrected chi connectivity index (χ1v) is 13.4. The Morgan fingerprint density at radius 1 is 0.857 bits per heavy atom. The number of nitrogens with one attached hydrogen (secondary N) is 2. The Morgan fingerprint density at radius 2 is 1.43 bits per heavy atom. The van der Waals surface area contributed by atoms with Gasteiger partial charge < -0.3 is 14.5 Å². The quantitative estimate of drug-likeness (QED) is 0.227. The van der Waals surface area contributed by atoms with E-state index in [1.54, 1.807) is 38.5 Å². The Morgan fingerprint density at radius 3 is 2.00 bits per heavy atom. The van der Waals surface area contributed by atoms with Gasteiger partial charge in [-0.15, -0.1) is 0 Å². The van der Waals surface area contributed by atoms with Gasteiger partial charge in [-0.3, -0.25) is 0 Å². The second kappa shape index (κ2) is 11.0. The molecule has 35 heavy (non-hydrogen) atoms. The van der Waals surface area contributed by atoms with Crippen molar-refractivity contribution in [2.24, 2.45) is 0 Å². The average molecular weight is 510 g/mol. The Labute approximate surface area is 210 Å². The van der Waals surface area contributed by atoms with Crippen molar-refractivity contribution >= 4 is 21.8 Å². The van der Waals surface area contributed by atoms with Crippen molar-refractivity contribution in [3.05, 3.63) is 78.4 Å². The number of aromatic amines is 1. The first-order valence-electron chi connectivity index (χ1n) is 11.0. The summed E-state index contributed by atoms with van der Waals surface area (Å²) in [5.74, 6) is 2.06. The number of methoxy groups -OCH3 is 2. The lowest BCUT2D eigenvalue weighted by Gasteiger charge is -2.06. The zero-order valence-electron chi connectivity index (χ0n) is 19.7. The molecule has 0 aliphatic heterocycles. The number of hydrogen-bond acceptors (Lipinski definition) is 6. The Bertz CT molecular complexity index is 1300. The van der Waals surface area contributed by atoms with Gasteiger partial charge in [0.15, 0.2) is 5.16 Å². The van der Waals surface area contributed by atoms with Gasteiger partial charge in [-0.05, 0) is 67.6 Å². The molecule has 0 amide bonds. The highest BCUT2D eigenvalue weighted by molar-refractivity contribution is 7.99. The predicted molar refractivity (Wildman–Crippen MR) is 140 cm³/mol. The lowest BCUT2D eigenvalue weighted by molar-refractivity contribution is 0.414. The molecule has 4 aromatic rings. The van der Waals surface area contributed by atoms with Crippen LogP contribution in [-0.4, -0.2) is 44.9 Å². The third-order valence-electron chi connectivity index (χ3n) is 5.39. The summed E-state index contributed by atoms with van der Waals surface area (Å²) >= 11 is 1.46. The van der Waals surface area contributed by atoms with Crippen LogP contribution >= 0.6 is 11.8 Å². The molecule has 0 aliphatic rings. The highest BCUT2D eigenvalue weighted by Crippen LogP contribution is 2.34. The van der Waals surface area contributed by atoms with E-state index in [2.05, 4.69) is 9.71 Å². The third kappa shape index (κ3) is 6.05. The van der Waals surface area contributed by atoms with Crippen LogP contribution in [0.4, 0.5) is 0 Å². The van der Waals surface area contributed by atoms with E-state index in [-0.39, 0.29) is 11.4 Å². The van der Waals surface area contributed by atoms with Crippen molar-refractivity contribution < 1.29 is 17.9 Å². The number of benzene rings is 3. The van der Waals surface area contributed by atoms with Gasteiger partial charge in [0.25, 0.3) is 0 Å². The van der Waals surface area contributed by atoms with Crippen molar-refractivity contribution in [2.75, 3.05) is 26.5 Å². The fourth-order valence-electron chi connectivity index (χ4n) is 3.47. The number of thioether (sulfide) groups is 1. The fraction of sp³-hybridized carbons (Fsp3) is 0.192. The summed E-state index contributed by atoms with van der Waals surface area (Å²) in [5, 5.41) is 0.705. The molecule has 0 unspecified atom stereocenters. The monoisotopic (exact) mass is 509 g/mol. The molecule has 0 aliphatic carbocycles. The maximum atomic E-state index is 12.5. The smallest absolute Gasteiger partial charge is 0.240 e. The fourth-order valence-corrected chi connectivity index (χ4v) is 5.36. The van der Waals surface area contributed by atoms with Crippen molar-refractivity contribution in [1.29, 1.82) is 0 Å². The number of sulfonamides is 1. The Balaban J connectivity index is 1.51. The summed E-state index contributed by atoms with van der Waals surface area (Å²) < 4.78 is 38.3. The number of ether oxygens (including phenoxy) is 2. The van der Waals surface area contributed by atoms with Gasteiger partial charge in [0.2, 0.25) is 10.0 Å². The van der Waals surface area contributed by atoms with Gasteiger partial charge in [0.05, 0.1) is 30.5 Å². The number of aryl methyl sites for hydroxylation is 1. The maximum Gasteiger partial charge on any atom is 0.240 e. The van der Waals surface area contributed by atoms with Crippen LogP contribution in [0.2, 0.25) is 0 Å². The molecule has 0 spiro atoms. The topological polar surface area (TPSA) is 93.3 Å². The van der Waals surface area contributed by atoms with Crippen LogP contribution in [0, 0.1) is 6.92 Å². The molecule has 0 fully saturated rings. The van der Waals surface area contributed by atoms with Gasteiger partial charge in [-0.1, -0.05) is 29.5 Å². The highest BCUT2D eigenvalue weighted by atomic mass is 32.2. The molecule has 9 heteroatoms. The van der Waals surface area contributed by atoms with Crippen LogP contribution in [0.15, 0.2) is 82.8 Å². The standard InChI is InChI=1S/C26H27N3O4S2/c1-18-4-14-23(15-5-18)35(30,31)27-16-17-34-26-28-24(19-6-10-21(32-2)11-7-19)25(29-26)20-8-12-22(33-3)13-9-20/h4-15,27H,16-17H2,1-3H3,(H,28,29). The molecular formula is C26H27N3O4S2. The van der Waals surface area contributed by atoms with E-state index in [4.69, 9.17) is 14.5 Å². The van der Waals surface area contributed by atoms with Crippen LogP contribution in [0.1, 0.15) is 5.56 Å². The molecule has 0 saturated heterocycles. The summed E-state index contributed by atoms with van der Waals surface area (Å²) in [6.45, 7) is 2.20. The molecule has 0 saturated carbocycles. The molecule has 0 atom stereocenters. The minimum Gasteiger partial charge on any atom is -0.497 e. The SMILES string of the molecule is COc1ccc(-c2nc(SCCNS(=O)(=O)c3ccc(C)cc3)[nH]c2-c2ccc(OC)cc2)cc1. The zero-order chi connectivity index (χ0) is 24.8. The second-order valence-electron chi connectivity index (χ2n) is 7.78. The highest BCUT2D eigenvalue weighted by Gasteiger charge is 2.16. The third-order valence-corrected chi connectivity index (χ3v) is 7.74. The molecule has 1 aromatic heterocycles. The summed E-state index contributed by atoms with van der Waals surface area (Å²) in [5.41, 5.74) is 4.61. The normalized spacial score (nSPS) is 11.4. The summed E-state index contributed by atoms with van der Waals surface area (Å²) in [6, 6.07) is 22.3. The first-order chi connectivity index (χ1) is 16.9. The molecule has 0 radical (unpaired) electrons. The summed E-state index contributed by atoms with van der Waals surface area (Å²) in [4.78, 5) is 8.47. The van der Waals surface area contributed by atoms with E-state index >= 15 is 0 Å². The van der Waals surface area contributed by atoms with Crippen molar-refractivity contribution in [2.45, 2.75) is 17.0 Å². The lowest BCUT2D eigenvalue weighted by Crippen LogP contribution is -2.26. The van der Waals surface area contributed by atoms with Gasteiger partial charge >= 0.3 is 0 Å². The van der Waals surface area contributed by atoms with Crippen LogP contribution in [0.3, 0.4) is 0 Å². The summed E-state index contributed by atoms with van der Waals surface area (Å²) in [7, 11) is -0.284. The predicted octanol–water partition coefficient (Wildman–Crippen LogP) is 5.14. The van der Waals surface area contributed by atoms with E-state index in [1.807, 2.05) is 55.5 Å². The largest absolute Gasteiger partial charge is 0.497 e. The first kappa shape index (κ1) is 24.8.